The summed E-state index contributed by atoms with van der Waals surface area (Å²) < 4.78 is 7.08. The summed E-state index contributed by atoms with van der Waals surface area (Å²) in [5, 5.41) is 12.8. The van der Waals surface area contributed by atoms with E-state index in [4.69, 9.17) is 4.74 Å². The van der Waals surface area contributed by atoms with Crippen LogP contribution in [0, 0.1) is 5.92 Å². The molecule has 1 heterocycles. The van der Waals surface area contributed by atoms with E-state index >= 15 is 0 Å². The van der Waals surface area contributed by atoms with Crippen LogP contribution >= 0.6 is 0 Å². The Morgan fingerprint density at radius 1 is 1.35 bits per heavy atom. The topological polar surface area (TPSA) is 80.6 Å². The van der Waals surface area contributed by atoms with Crippen LogP contribution in [-0.2, 0) is 16.1 Å². The summed E-state index contributed by atoms with van der Waals surface area (Å²) in [6.45, 7) is 3.78. The lowest BCUT2D eigenvalue weighted by molar-refractivity contribution is -0.143. The number of carbonyl (C=O) groups excluding carboxylic acids is 1. The van der Waals surface area contributed by atoms with Gasteiger partial charge in [-0.15, -0.1) is 0 Å². The number of fused-ring (bicyclic) bond motifs is 1. The van der Waals surface area contributed by atoms with Crippen LogP contribution in [0.25, 0.3) is 10.9 Å². The summed E-state index contributed by atoms with van der Waals surface area (Å²) in [6, 6.07) is 6.62. The molecule has 0 bridgehead atoms. The van der Waals surface area contributed by atoms with E-state index in [1.807, 2.05) is 38.1 Å². The molecule has 23 heavy (non-hydrogen) atoms. The Morgan fingerprint density at radius 3 is 2.70 bits per heavy atom. The highest BCUT2D eigenvalue weighted by atomic mass is 16.5. The Bertz CT molecular complexity index is 708. The average Bonchev–Trinajstić information content (AvgIpc) is 2.94. The lowest BCUT2D eigenvalue weighted by Crippen LogP contribution is -2.46. The summed E-state index contributed by atoms with van der Waals surface area (Å²) in [5.41, 5.74) is 0.870. The van der Waals surface area contributed by atoms with Gasteiger partial charge in [0.25, 0.3) is 0 Å². The van der Waals surface area contributed by atoms with Crippen molar-refractivity contribution in [2.24, 2.45) is 5.92 Å². The monoisotopic (exact) mass is 318 g/mol. The number of aliphatic carboxylic acids is 1. The molecule has 6 heteroatoms. The van der Waals surface area contributed by atoms with Gasteiger partial charge < -0.3 is 19.7 Å². The average molecular weight is 318 g/mol. The van der Waals surface area contributed by atoms with Crippen molar-refractivity contribution in [3.63, 3.8) is 0 Å². The van der Waals surface area contributed by atoms with Crippen molar-refractivity contribution in [1.82, 2.24) is 9.88 Å². The van der Waals surface area contributed by atoms with Gasteiger partial charge in [-0.2, -0.15) is 0 Å². The van der Waals surface area contributed by atoms with Gasteiger partial charge in [0, 0.05) is 11.6 Å². The third kappa shape index (κ3) is 3.64. The fourth-order valence-electron chi connectivity index (χ4n) is 2.57. The smallest absolute Gasteiger partial charge is 0.326 e. The molecule has 6 nitrogen and oxygen atoms in total. The quantitative estimate of drug-likeness (QED) is 0.820. The second-order valence-corrected chi connectivity index (χ2v) is 5.61. The number of carboxylic acid groups (broad SMARTS) is 1. The molecule has 0 aliphatic heterocycles. The second kappa shape index (κ2) is 7.17. The Morgan fingerprint density at radius 2 is 2.09 bits per heavy atom. The number of carbonyl (C=O) groups is 2. The molecule has 0 radical (unpaired) electrons. The number of nitrogens with zero attached hydrogens (tertiary/aromatic N) is 1. The van der Waals surface area contributed by atoms with Gasteiger partial charge in [0.1, 0.15) is 18.3 Å². The van der Waals surface area contributed by atoms with Crippen molar-refractivity contribution in [2.45, 2.75) is 32.9 Å². The van der Waals surface area contributed by atoms with E-state index in [0.717, 1.165) is 16.7 Å². The first-order valence-corrected chi connectivity index (χ1v) is 7.62. The molecule has 1 aromatic heterocycles. The molecule has 2 N–H and O–H groups in total. The fraction of sp³-hybridized carbons (Fsp3) is 0.412. The van der Waals surface area contributed by atoms with E-state index < -0.39 is 12.0 Å². The molecule has 2 rings (SSSR count). The number of benzene rings is 1. The van der Waals surface area contributed by atoms with Gasteiger partial charge in [0.15, 0.2) is 0 Å². The zero-order valence-corrected chi connectivity index (χ0v) is 13.6. The van der Waals surface area contributed by atoms with E-state index in [9.17, 15) is 14.7 Å². The van der Waals surface area contributed by atoms with Crippen molar-refractivity contribution in [3.8, 4) is 5.75 Å². The zero-order chi connectivity index (χ0) is 17.0. The number of amides is 1. The maximum atomic E-state index is 12.2. The summed E-state index contributed by atoms with van der Waals surface area (Å²) in [7, 11) is 1.60. The van der Waals surface area contributed by atoms with Gasteiger partial charge in [-0.3, -0.25) is 4.79 Å². The van der Waals surface area contributed by atoms with E-state index in [1.54, 1.807) is 17.9 Å². The van der Waals surface area contributed by atoms with Crippen LogP contribution in [0.4, 0.5) is 0 Å². The Balaban J connectivity index is 2.16. The van der Waals surface area contributed by atoms with Crippen molar-refractivity contribution in [3.05, 3.63) is 30.5 Å². The first kappa shape index (κ1) is 16.9. The Hall–Kier alpha value is -2.50. The summed E-state index contributed by atoms with van der Waals surface area (Å²) in [4.78, 5) is 23.5. The van der Waals surface area contributed by atoms with E-state index in [0.29, 0.717) is 6.42 Å². The number of hydrogen-bond donors (Lipinski definition) is 2. The largest absolute Gasteiger partial charge is 0.496 e. The molecule has 1 amide bonds. The maximum absolute atomic E-state index is 12.2. The molecule has 2 aromatic rings. The molecule has 0 aliphatic rings. The Labute approximate surface area is 135 Å². The first-order chi connectivity index (χ1) is 11.0. The van der Waals surface area contributed by atoms with Gasteiger partial charge in [-0.1, -0.05) is 26.3 Å². The van der Waals surface area contributed by atoms with Crippen molar-refractivity contribution in [2.75, 3.05) is 7.11 Å². The summed E-state index contributed by atoms with van der Waals surface area (Å²) in [6.07, 6.45) is 2.48. The van der Waals surface area contributed by atoms with E-state index in [-0.39, 0.29) is 18.4 Å². The minimum atomic E-state index is -1.01. The van der Waals surface area contributed by atoms with Gasteiger partial charge in [-0.25, -0.2) is 4.79 Å². The SMILES string of the molecule is CC[C@H](C)[C@@H](NC(=O)Cn1ccc2c(OC)cccc21)C(=O)O. The predicted octanol–water partition coefficient (Wildman–Crippen LogP) is 2.27. The summed E-state index contributed by atoms with van der Waals surface area (Å²) in [5.74, 6) is -0.715. The molecule has 0 saturated heterocycles. The highest BCUT2D eigenvalue weighted by Crippen LogP contribution is 2.26. The van der Waals surface area contributed by atoms with Crippen molar-refractivity contribution in [1.29, 1.82) is 0 Å². The van der Waals surface area contributed by atoms with Crippen LogP contribution in [0.1, 0.15) is 20.3 Å². The van der Waals surface area contributed by atoms with Crippen LogP contribution in [-0.4, -0.2) is 34.7 Å². The lowest BCUT2D eigenvalue weighted by atomic mass is 9.99. The number of methoxy groups -OCH3 is 1. The predicted molar refractivity (Wildman–Crippen MR) is 87.5 cm³/mol. The molecule has 2 atom stereocenters. The van der Waals surface area contributed by atoms with Crippen LogP contribution in [0.2, 0.25) is 0 Å². The lowest BCUT2D eigenvalue weighted by Gasteiger charge is -2.20. The zero-order valence-electron chi connectivity index (χ0n) is 13.6. The number of rotatable bonds is 7. The van der Waals surface area contributed by atoms with E-state index in [2.05, 4.69) is 5.32 Å². The third-order valence-electron chi connectivity index (χ3n) is 4.10. The Kier molecular flexibility index (Phi) is 5.26. The highest BCUT2D eigenvalue weighted by Gasteiger charge is 2.25. The second-order valence-electron chi connectivity index (χ2n) is 5.61. The normalized spacial score (nSPS) is 13.5. The van der Waals surface area contributed by atoms with Crippen LogP contribution in [0.5, 0.6) is 5.75 Å². The molecule has 0 aliphatic carbocycles. The standard InChI is InChI=1S/C17H22N2O4/c1-4-11(2)16(17(21)22)18-15(20)10-19-9-8-12-13(19)6-5-7-14(12)23-3/h5-9,11,16H,4,10H2,1-3H3,(H,18,20)(H,21,22)/t11-,16+/m0/s1. The maximum Gasteiger partial charge on any atom is 0.326 e. The summed E-state index contributed by atoms with van der Waals surface area (Å²) >= 11 is 0. The van der Waals surface area contributed by atoms with Crippen LogP contribution in [0.15, 0.2) is 30.5 Å². The van der Waals surface area contributed by atoms with E-state index in [1.165, 1.54) is 0 Å². The van der Waals surface area contributed by atoms with Crippen molar-refractivity contribution < 1.29 is 19.4 Å². The highest BCUT2D eigenvalue weighted by molar-refractivity contribution is 5.89. The number of ether oxygens (including phenoxy) is 1. The number of carboxylic acids is 1. The number of hydrogen-bond acceptors (Lipinski definition) is 3. The fourth-order valence-corrected chi connectivity index (χ4v) is 2.57. The minimum absolute atomic E-state index is 0.0664. The number of nitrogens with one attached hydrogen (secondary N) is 1. The molecule has 0 saturated carbocycles. The molecular weight excluding hydrogens is 296 g/mol. The van der Waals surface area contributed by atoms with Gasteiger partial charge >= 0.3 is 5.97 Å². The molecule has 0 spiro atoms. The molecule has 0 fully saturated rings. The first-order valence-electron chi connectivity index (χ1n) is 7.62. The third-order valence-corrected chi connectivity index (χ3v) is 4.10. The van der Waals surface area contributed by atoms with Gasteiger partial charge in [0.05, 0.1) is 12.6 Å². The molecule has 0 unspecified atom stereocenters. The van der Waals surface area contributed by atoms with Gasteiger partial charge in [-0.05, 0) is 24.1 Å². The number of aromatic nitrogens is 1. The van der Waals surface area contributed by atoms with Crippen molar-refractivity contribution >= 4 is 22.8 Å². The van der Waals surface area contributed by atoms with Crippen LogP contribution < -0.4 is 10.1 Å². The molecule has 1 aromatic carbocycles. The van der Waals surface area contributed by atoms with Crippen LogP contribution in [0.3, 0.4) is 0 Å². The molecular formula is C17H22N2O4. The minimum Gasteiger partial charge on any atom is -0.496 e. The molecule has 124 valence electrons. The van der Waals surface area contributed by atoms with Gasteiger partial charge in [0.2, 0.25) is 5.91 Å².